The zero-order valence-electron chi connectivity index (χ0n) is 9.36. The smallest absolute Gasteiger partial charge is 0.0792 e. The lowest BCUT2D eigenvalue weighted by molar-refractivity contribution is -0.870. The van der Waals surface area contributed by atoms with Crippen molar-refractivity contribution in [3.8, 4) is 0 Å². The van der Waals surface area contributed by atoms with Gasteiger partial charge in [-0.3, -0.25) is 0 Å². The standard InChI is InChI=1S/C10H23N2.BrH/c1-10(2)9-11-7-6-8-12(3,4)5;/h11H,1,6-9H2,2-5H3;1H/q+1;/p-1. The van der Waals surface area contributed by atoms with Crippen LogP contribution in [-0.2, 0) is 0 Å². The van der Waals surface area contributed by atoms with E-state index in [2.05, 4.69) is 33.0 Å². The van der Waals surface area contributed by atoms with Crippen molar-refractivity contribution in [3.63, 3.8) is 0 Å². The quantitative estimate of drug-likeness (QED) is 0.335. The second-order valence-electron chi connectivity index (χ2n) is 4.50. The van der Waals surface area contributed by atoms with Gasteiger partial charge >= 0.3 is 0 Å². The molecule has 1 N–H and O–H groups in total. The van der Waals surface area contributed by atoms with Crippen molar-refractivity contribution >= 4 is 0 Å². The van der Waals surface area contributed by atoms with E-state index >= 15 is 0 Å². The maximum atomic E-state index is 3.84. The van der Waals surface area contributed by atoms with Crippen LogP contribution in [0.1, 0.15) is 13.3 Å². The molecule has 0 unspecified atom stereocenters. The van der Waals surface area contributed by atoms with Gasteiger partial charge in [-0.15, -0.1) is 0 Å². The summed E-state index contributed by atoms with van der Waals surface area (Å²) in [6, 6.07) is 0. The first-order chi connectivity index (χ1) is 5.42. The Hall–Kier alpha value is 0.140. The van der Waals surface area contributed by atoms with Crippen molar-refractivity contribution in [2.24, 2.45) is 0 Å². The van der Waals surface area contributed by atoms with E-state index in [1.165, 1.54) is 18.5 Å². The second-order valence-corrected chi connectivity index (χ2v) is 4.50. The molecule has 0 aliphatic rings. The molecule has 0 fully saturated rings. The van der Waals surface area contributed by atoms with Crippen LogP contribution in [0, 0.1) is 0 Å². The molecule has 0 atom stereocenters. The molecule has 2 nitrogen and oxygen atoms in total. The van der Waals surface area contributed by atoms with E-state index in [9.17, 15) is 0 Å². The van der Waals surface area contributed by atoms with E-state index in [1.807, 2.05) is 6.92 Å². The Labute approximate surface area is 93.4 Å². The number of nitrogens with zero attached hydrogens (tertiary/aromatic N) is 1. The first kappa shape index (κ1) is 15.6. The third-order valence-electron chi connectivity index (χ3n) is 1.61. The average molecular weight is 251 g/mol. The summed E-state index contributed by atoms with van der Waals surface area (Å²) in [7, 11) is 6.66. The molecule has 0 heterocycles. The Morgan fingerprint density at radius 1 is 1.31 bits per heavy atom. The van der Waals surface area contributed by atoms with Crippen molar-refractivity contribution in [2.45, 2.75) is 13.3 Å². The first-order valence-electron chi connectivity index (χ1n) is 4.57. The minimum atomic E-state index is 0. The van der Waals surface area contributed by atoms with Crippen LogP contribution in [0.2, 0.25) is 0 Å². The molecular formula is C10H23BrN2. The number of rotatable bonds is 6. The fourth-order valence-corrected chi connectivity index (χ4v) is 0.980. The van der Waals surface area contributed by atoms with Crippen molar-refractivity contribution in [2.75, 3.05) is 40.8 Å². The molecule has 0 aliphatic carbocycles. The first-order valence-corrected chi connectivity index (χ1v) is 4.57. The van der Waals surface area contributed by atoms with E-state index < -0.39 is 0 Å². The highest BCUT2D eigenvalue weighted by Crippen LogP contribution is 1.92. The van der Waals surface area contributed by atoms with Gasteiger partial charge in [0.15, 0.2) is 0 Å². The Kier molecular flexibility index (Phi) is 9.05. The molecule has 0 saturated carbocycles. The van der Waals surface area contributed by atoms with Crippen LogP contribution >= 0.6 is 0 Å². The van der Waals surface area contributed by atoms with E-state index in [-0.39, 0.29) is 17.0 Å². The van der Waals surface area contributed by atoms with Gasteiger partial charge in [-0.1, -0.05) is 12.2 Å². The normalized spacial score (nSPS) is 10.8. The highest BCUT2D eigenvalue weighted by Gasteiger charge is 2.04. The third kappa shape index (κ3) is 14.9. The topological polar surface area (TPSA) is 12.0 Å². The fraction of sp³-hybridized carbons (Fsp3) is 0.800. The molecule has 80 valence electrons. The molecule has 0 saturated heterocycles. The Balaban J connectivity index is 0. The largest absolute Gasteiger partial charge is 1.00 e. The van der Waals surface area contributed by atoms with Crippen LogP contribution < -0.4 is 22.3 Å². The molecule has 13 heavy (non-hydrogen) atoms. The van der Waals surface area contributed by atoms with E-state index in [1.54, 1.807) is 0 Å². The maximum absolute atomic E-state index is 3.84. The Morgan fingerprint density at radius 3 is 2.23 bits per heavy atom. The zero-order valence-corrected chi connectivity index (χ0v) is 10.9. The molecule has 0 aromatic carbocycles. The summed E-state index contributed by atoms with van der Waals surface area (Å²) in [4.78, 5) is 0. The highest BCUT2D eigenvalue weighted by atomic mass is 79.9. The lowest BCUT2D eigenvalue weighted by Gasteiger charge is -2.23. The third-order valence-corrected chi connectivity index (χ3v) is 1.61. The lowest BCUT2D eigenvalue weighted by atomic mass is 10.3. The monoisotopic (exact) mass is 250 g/mol. The van der Waals surface area contributed by atoms with E-state index in [4.69, 9.17) is 0 Å². The number of hydrogen-bond acceptors (Lipinski definition) is 1. The SMILES string of the molecule is C=C(C)CNCCC[N+](C)(C)C.[Br-]. The summed E-state index contributed by atoms with van der Waals surface area (Å²) in [5.74, 6) is 0. The summed E-state index contributed by atoms with van der Waals surface area (Å²) in [6.45, 7) is 9.16. The van der Waals surface area contributed by atoms with Gasteiger partial charge in [-0.05, 0) is 6.92 Å². The van der Waals surface area contributed by atoms with Crippen LogP contribution in [0.25, 0.3) is 0 Å². The van der Waals surface area contributed by atoms with Gasteiger partial charge < -0.3 is 26.8 Å². The lowest BCUT2D eigenvalue weighted by Crippen LogP contribution is -3.00. The predicted molar refractivity (Wildman–Crippen MR) is 55.2 cm³/mol. The van der Waals surface area contributed by atoms with E-state index in [0.717, 1.165) is 17.6 Å². The van der Waals surface area contributed by atoms with Crippen LogP contribution in [0.5, 0.6) is 0 Å². The average Bonchev–Trinajstić information content (AvgIpc) is 1.83. The van der Waals surface area contributed by atoms with E-state index in [0.29, 0.717) is 0 Å². The van der Waals surface area contributed by atoms with Gasteiger partial charge in [0.25, 0.3) is 0 Å². The highest BCUT2D eigenvalue weighted by molar-refractivity contribution is 4.90. The van der Waals surface area contributed by atoms with Crippen LogP contribution in [-0.4, -0.2) is 45.3 Å². The Morgan fingerprint density at radius 2 is 1.85 bits per heavy atom. The summed E-state index contributed by atoms with van der Waals surface area (Å²) < 4.78 is 1.05. The minimum absolute atomic E-state index is 0. The van der Waals surface area contributed by atoms with Crippen molar-refractivity contribution < 1.29 is 21.5 Å². The molecule has 0 rings (SSSR count). The maximum Gasteiger partial charge on any atom is 0.0792 e. The van der Waals surface area contributed by atoms with Crippen molar-refractivity contribution in [1.29, 1.82) is 0 Å². The van der Waals surface area contributed by atoms with Crippen LogP contribution in [0.4, 0.5) is 0 Å². The van der Waals surface area contributed by atoms with Crippen LogP contribution in [0.3, 0.4) is 0 Å². The molecule has 0 bridgehead atoms. The molecule has 0 amide bonds. The number of quaternary nitrogens is 1. The number of nitrogens with one attached hydrogen (secondary N) is 1. The molecule has 0 aromatic rings. The summed E-state index contributed by atoms with van der Waals surface area (Å²) in [5, 5.41) is 3.35. The summed E-state index contributed by atoms with van der Waals surface area (Å²) >= 11 is 0. The Bertz CT molecular complexity index is 138. The predicted octanol–water partition coefficient (Wildman–Crippen LogP) is -1.75. The molecule has 0 aromatic heterocycles. The van der Waals surface area contributed by atoms with Gasteiger partial charge in [-0.25, -0.2) is 0 Å². The zero-order chi connectivity index (χ0) is 9.61. The van der Waals surface area contributed by atoms with Gasteiger partial charge in [-0.2, -0.15) is 0 Å². The second kappa shape index (κ2) is 7.54. The van der Waals surface area contributed by atoms with Crippen LogP contribution in [0.15, 0.2) is 12.2 Å². The number of halogens is 1. The minimum Gasteiger partial charge on any atom is -1.00 e. The van der Waals surface area contributed by atoms with Crippen molar-refractivity contribution in [3.05, 3.63) is 12.2 Å². The van der Waals surface area contributed by atoms with Crippen molar-refractivity contribution in [1.82, 2.24) is 5.32 Å². The number of hydrogen-bond donors (Lipinski definition) is 1. The summed E-state index contributed by atoms with van der Waals surface area (Å²) in [5.41, 5.74) is 1.21. The molecular weight excluding hydrogens is 228 g/mol. The summed E-state index contributed by atoms with van der Waals surface area (Å²) in [6.07, 6.45) is 1.23. The van der Waals surface area contributed by atoms with Gasteiger partial charge in [0, 0.05) is 19.5 Å². The van der Waals surface area contributed by atoms with Gasteiger partial charge in [0.1, 0.15) is 0 Å². The fourth-order valence-electron chi connectivity index (χ4n) is 0.980. The molecule has 3 heteroatoms. The van der Waals surface area contributed by atoms with Gasteiger partial charge in [0.2, 0.25) is 0 Å². The molecule has 0 aliphatic heterocycles. The molecule has 0 spiro atoms. The molecule has 0 radical (unpaired) electrons. The van der Waals surface area contributed by atoms with Gasteiger partial charge in [0.05, 0.1) is 27.7 Å².